The summed E-state index contributed by atoms with van der Waals surface area (Å²) in [4.78, 5) is 14.8. The van der Waals surface area contributed by atoms with Crippen molar-refractivity contribution in [3.63, 3.8) is 0 Å². The number of thioether (sulfide) groups is 1. The zero-order valence-corrected chi connectivity index (χ0v) is 13.4. The molecule has 2 N–H and O–H groups in total. The predicted octanol–water partition coefficient (Wildman–Crippen LogP) is 2.72. The van der Waals surface area contributed by atoms with Gasteiger partial charge in [0, 0.05) is 31.1 Å². The van der Waals surface area contributed by atoms with Gasteiger partial charge in [0.25, 0.3) is 0 Å². The lowest BCUT2D eigenvalue weighted by atomic mass is 9.99. The fraction of sp³-hybridized carbons (Fsp3) is 0.562. The highest BCUT2D eigenvalue weighted by Crippen LogP contribution is 2.19. The SMILES string of the molecule is O=C(NCCCSc1ccc(F)cc1)N1CCCC(CO)C1. The van der Waals surface area contributed by atoms with Crippen LogP contribution in [0.5, 0.6) is 0 Å². The molecule has 1 aromatic rings. The van der Waals surface area contributed by atoms with Crippen molar-refractivity contribution in [3.8, 4) is 0 Å². The largest absolute Gasteiger partial charge is 0.396 e. The zero-order chi connectivity index (χ0) is 15.8. The van der Waals surface area contributed by atoms with E-state index in [0.29, 0.717) is 13.1 Å². The minimum Gasteiger partial charge on any atom is -0.396 e. The maximum Gasteiger partial charge on any atom is 0.317 e. The number of benzene rings is 1. The van der Waals surface area contributed by atoms with Crippen molar-refractivity contribution in [1.82, 2.24) is 10.2 Å². The molecule has 2 rings (SSSR count). The van der Waals surface area contributed by atoms with Crippen molar-refractivity contribution in [2.75, 3.05) is 32.0 Å². The summed E-state index contributed by atoms with van der Waals surface area (Å²) >= 11 is 1.66. The van der Waals surface area contributed by atoms with Crippen molar-refractivity contribution < 1.29 is 14.3 Å². The molecule has 1 fully saturated rings. The second-order valence-electron chi connectivity index (χ2n) is 5.52. The quantitative estimate of drug-likeness (QED) is 0.624. The lowest BCUT2D eigenvalue weighted by Gasteiger charge is -2.31. The molecule has 1 aliphatic rings. The molecule has 0 aliphatic carbocycles. The number of piperidine rings is 1. The molecule has 0 bridgehead atoms. The van der Waals surface area contributed by atoms with Gasteiger partial charge < -0.3 is 15.3 Å². The predicted molar refractivity (Wildman–Crippen MR) is 86.5 cm³/mol. The number of halogens is 1. The topological polar surface area (TPSA) is 52.6 Å². The first-order valence-electron chi connectivity index (χ1n) is 7.71. The van der Waals surface area contributed by atoms with Crippen molar-refractivity contribution in [2.45, 2.75) is 24.2 Å². The van der Waals surface area contributed by atoms with Gasteiger partial charge in [0.2, 0.25) is 0 Å². The number of amides is 2. The zero-order valence-electron chi connectivity index (χ0n) is 12.6. The molecule has 122 valence electrons. The first-order valence-corrected chi connectivity index (χ1v) is 8.69. The Kier molecular flexibility index (Phi) is 6.99. The van der Waals surface area contributed by atoms with Gasteiger partial charge in [-0.2, -0.15) is 0 Å². The molecule has 1 unspecified atom stereocenters. The molecule has 6 heteroatoms. The minimum atomic E-state index is -0.223. The Morgan fingerprint density at radius 3 is 2.91 bits per heavy atom. The number of aliphatic hydroxyl groups excluding tert-OH is 1. The Bertz CT molecular complexity index is 470. The van der Waals surface area contributed by atoms with E-state index in [1.165, 1.54) is 12.1 Å². The summed E-state index contributed by atoms with van der Waals surface area (Å²) < 4.78 is 12.8. The molecular weight excluding hydrogens is 303 g/mol. The van der Waals surface area contributed by atoms with E-state index in [9.17, 15) is 14.3 Å². The van der Waals surface area contributed by atoms with Crippen LogP contribution in [0.3, 0.4) is 0 Å². The lowest BCUT2D eigenvalue weighted by Crippen LogP contribution is -2.46. The highest BCUT2D eigenvalue weighted by Gasteiger charge is 2.22. The third-order valence-corrected chi connectivity index (χ3v) is 4.84. The number of urea groups is 1. The molecule has 4 nitrogen and oxygen atoms in total. The number of likely N-dealkylation sites (tertiary alicyclic amines) is 1. The van der Waals surface area contributed by atoms with E-state index in [-0.39, 0.29) is 24.4 Å². The van der Waals surface area contributed by atoms with Crippen LogP contribution in [0.15, 0.2) is 29.2 Å². The van der Waals surface area contributed by atoms with Gasteiger partial charge in [0.05, 0.1) is 0 Å². The van der Waals surface area contributed by atoms with E-state index in [1.54, 1.807) is 28.8 Å². The third-order valence-electron chi connectivity index (χ3n) is 3.74. The number of nitrogens with zero attached hydrogens (tertiary/aromatic N) is 1. The van der Waals surface area contributed by atoms with Gasteiger partial charge >= 0.3 is 6.03 Å². The molecule has 0 radical (unpaired) electrons. The van der Waals surface area contributed by atoms with E-state index < -0.39 is 0 Å². The Morgan fingerprint density at radius 1 is 1.41 bits per heavy atom. The highest BCUT2D eigenvalue weighted by molar-refractivity contribution is 7.99. The van der Waals surface area contributed by atoms with Crippen LogP contribution in [0.2, 0.25) is 0 Å². The van der Waals surface area contributed by atoms with E-state index in [2.05, 4.69) is 5.32 Å². The van der Waals surface area contributed by atoms with E-state index in [4.69, 9.17) is 0 Å². The van der Waals surface area contributed by atoms with Gasteiger partial charge in [-0.05, 0) is 55.2 Å². The normalized spacial score (nSPS) is 18.3. The third kappa shape index (κ3) is 5.50. The van der Waals surface area contributed by atoms with Gasteiger partial charge in [-0.25, -0.2) is 9.18 Å². The lowest BCUT2D eigenvalue weighted by molar-refractivity contribution is 0.129. The van der Waals surface area contributed by atoms with E-state index in [1.807, 2.05) is 0 Å². The van der Waals surface area contributed by atoms with Crippen LogP contribution in [0.4, 0.5) is 9.18 Å². The van der Waals surface area contributed by atoms with E-state index in [0.717, 1.165) is 36.5 Å². The molecule has 0 spiro atoms. The molecule has 2 amide bonds. The van der Waals surface area contributed by atoms with Gasteiger partial charge in [-0.1, -0.05) is 0 Å². The maximum absolute atomic E-state index is 12.8. The second-order valence-corrected chi connectivity index (χ2v) is 6.69. The molecule has 0 saturated carbocycles. The van der Waals surface area contributed by atoms with Crippen LogP contribution >= 0.6 is 11.8 Å². The Morgan fingerprint density at radius 2 is 2.18 bits per heavy atom. The van der Waals surface area contributed by atoms with E-state index >= 15 is 0 Å². The van der Waals surface area contributed by atoms with Crippen LogP contribution < -0.4 is 5.32 Å². The Labute approximate surface area is 135 Å². The highest BCUT2D eigenvalue weighted by atomic mass is 32.2. The van der Waals surface area contributed by atoms with Crippen molar-refractivity contribution in [3.05, 3.63) is 30.1 Å². The number of carbonyl (C=O) groups is 1. The number of nitrogens with one attached hydrogen (secondary N) is 1. The fourth-order valence-electron chi connectivity index (χ4n) is 2.50. The molecule has 1 saturated heterocycles. The van der Waals surface area contributed by atoms with Crippen molar-refractivity contribution >= 4 is 17.8 Å². The summed E-state index contributed by atoms with van der Waals surface area (Å²) in [7, 11) is 0. The summed E-state index contributed by atoms with van der Waals surface area (Å²) in [5.74, 6) is 0.874. The first-order chi connectivity index (χ1) is 10.7. The fourth-order valence-corrected chi connectivity index (χ4v) is 3.35. The Hall–Kier alpha value is -1.27. The standard InChI is InChI=1S/C16H23FN2O2S/c17-14-4-6-15(7-5-14)22-10-2-8-18-16(21)19-9-1-3-13(11-19)12-20/h4-7,13,20H,1-3,8-12H2,(H,18,21). The van der Waals surface area contributed by atoms with Crippen LogP contribution in [0.1, 0.15) is 19.3 Å². The number of hydrogen-bond acceptors (Lipinski definition) is 3. The number of aliphatic hydroxyl groups is 1. The van der Waals surface area contributed by atoms with Crippen LogP contribution in [-0.4, -0.2) is 48.0 Å². The average molecular weight is 326 g/mol. The number of carbonyl (C=O) groups excluding carboxylic acids is 1. The van der Waals surface area contributed by atoms with Crippen LogP contribution in [-0.2, 0) is 0 Å². The van der Waals surface area contributed by atoms with Gasteiger partial charge in [0.1, 0.15) is 5.82 Å². The molecule has 1 heterocycles. The summed E-state index contributed by atoms with van der Waals surface area (Å²) in [6, 6.07) is 6.41. The molecule has 1 aromatic carbocycles. The van der Waals surface area contributed by atoms with Gasteiger partial charge in [-0.15, -0.1) is 11.8 Å². The van der Waals surface area contributed by atoms with Crippen molar-refractivity contribution in [1.29, 1.82) is 0 Å². The summed E-state index contributed by atoms with van der Waals surface area (Å²) in [6.45, 7) is 2.20. The molecule has 22 heavy (non-hydrogen) atoms. The monoisotopic (exact) mass is 326 g/mol. The summed E-state index contributed by atoms with van der Waals surface area (Å²) in [6.07, 6.45) is 2.82. The van der Waals surface area contributed by atoms with Crippen LogP contribution in [0.25, 0.3) is 0 Å². The van der Waals surface area contributed by atoms with Gasteiger partial charge in [-0.3, -0.25) is 0 Å². The number of rotatable bonds is 6. The molecule has 1 aliphatic heterocycles. The second kappa shape index (κ2) is 9.00. The minimum absolute atomic E-state index is 0.0371. The molecule has 1 atom stereocenters. The smallest absolute Gasteiger partial charge is 0.317 e. The Balaban J connectivity index is 1.60. The van der Waals surface area contributed by atoms with Gasteiger partial charge in [0.15, 0.2) is 0 Å². The molecule has 0 aromatic heterocycles. The number of hydrogen-bond donors (Lipinski definition) is 2. The average Bonchev–Trinajstić information content (AvgIpc) is 2.56. The molecular formula is C16H23FN2O2S. The first kappa shape index (κ1) is 17.1. The van der Waals surface area contributed by atoms with Crippen molar-refractivity contribution in [2.24, 2.45) is 5.92 Å². The summed E-state index contributed by atoms with van der Waals surface area (Å²) in [5, 5.41) is 12.1. The summed E-state index contributed by atoms with van der Waals surface area (Å²) in [5.41, 5.74) is 0. The van der Waals surface area contributed by atoms with Crippen LogP contribution in [0, 0.1) is 11.7 Å². The maximum atomic E-state index is 12.8.